The summed E-state index contributed by atoms with van der Waals surface area (Å²) in [4.78, 5) is 30.0. The molecule has 0 bridgehead atoms. The van der Waals surface area contributed by atoms with Gasteiger partial charge >= 0.3 is 0 Å². The van der Waals surface area contributed by atoms with Crippen LogP contribution in [0.15, 0.2) is 51.0 Å². The fourth-order valence-corrected chi connectivity index (χ4v) is 3.80. The minimum absolute atomic E-state index is 0.0486. The van der Waals surface area contributed by atoms with Crippen molar-refractivity contribution in [3.05, 3.63) is 57.7 Å². The summed E-state index contributed by atoms with van der Waals surface area (Å²) in [5.74, 6) is 0.594. The van der Waals surface area contributed by atoms with Crippen LogP contribution in [-0.2, 0) is 11.3 Å². The van der Waals surface area contributed by atoms with Crippen LogP contribution >= 0.6 is 23.4 Å². The predicted molar refractivity (Wildman–Crippen MR) is 105 cm³/mol. The van der Waals surface area contributed by atoms with E-state index in [-0.39, 0.29) is 29.3 Å². The van der Waals surface area contributed by atoms with Gasteiger partial charge in [0.15, 0.2) is 5.16 Å². The largest absolute Gasteiger partial charge is 0.467 e. The molecule has 0 unspecified atom stereocenters. The second-order valence-corrected chi connectivity index (χ2v) is 8.31. The Kier molecular flexibility index (Phi) is 4.97. The molecule has 1 fully saturated rings. The highest BCUT2D eigenvalue weighted by molar-refractivity contribution is 8.00. The number of carbonyl (C=O) groups is 1. The molecular weight excluding hydrogens is 386 g/mol. The lowest BCUT2D eigenvalue weighted by molar-refractivity contribution is -0.120. The van der Waals surface area contributed by atoms with Gasteiger partial charge in [-0.1, -0.05) is 23.4 Å². The van der Waals surface area contributed by atoms with Crippen molar-refractivity contribution in [1.82, 2.24) is 14.9 Å². The molecule has 1 atom stereocenters. The molecule has 6 nitrogen and oxygen atoms in total. The van der Waals surface area contributed by atoms with Crippen molar-refractivity contribution in [3.63, 3.8) is 0 Å². The summed E-state index contributed by atoms with van der Waals surface area (Å²) in [7, 11) is 0. The Hall–Kier alpha value is -2.25. The molecule has 0 spiro atoms. The highest BCUT2D eigenvalue weighted by Gasteiger charge is 2.27. The van der Waals surface area contributed by atoms with Crippen molar-refractivity contribution in [2.75, 3.05) is 0 Å². The van der Waals surface area contributed by atoms with E-state index in [1.54, 1.807) is 41.2 Å². The van der Waals surface area contributed by atoms with Crippen LogP contribution in [0.1, 0.15) is 25.5 Å². The van der Waals surface area contributed by atoms with Gasteiger partial charge in [-0.2, -0.15) is 0 Å². The summed E-state index contributed by atoms with van der Waals surface area (Å²) in [5, 5.41) is 4.06. The molecular formula is C19H18ClN3O3S. The van der Waals surface area contributed by atoms with Gasteiger partial charge in [0.05, 0.1) is 29.0 Å². The summed E-state index contributed by atoms with van der Waals surface area (Å²) in [6, 6.07) is 8.86. The number of carbonyl (C=O) groups excluding carboxylic acids is 1. The molecule has 1 amide bonds. The number of hydrogen-bond acceptors (Lipinski definition) is 5. The first kappa shape index (κ1) is 18.1. The van der Waals surface area contributed by atoms with Crippen molar-refractivity contribution >= 4 is 40.2 Å². The maximum absolute atomic E-state index is 13.1. The summed E-state index contributed by atoms with van der Waals surface area (Å²) in [5.41, 5.74) is 0.325. The molecule has 0 radical (unpaired) electrons. The number of halogens is 1. The average molecular weight is 404 g/mol. The lowest BCUT2D eigenvalue weighted by Gasteiger charge is -2.16. The van der Waals surface area contributed by atoms with Crippen LogP contribution in [0.5, 0.6) is 0 Å². The molecule has 1 saturated carbocycles. The van der Waals surface area contributed by atoms with Gasteiger partial charge in [-0.25, -0.2) is 4.98 Å². The van der Waals surface area contributed by atoms with Gasteiger partial charge in [0.25, 0.3) is 5.56 Å². The number of furan rings is 1. The van der Waals surface area contributed by atoms with E-state index in [1.165, 1.54) is 11.8 Å². The number of amides is 1. The number of fused-ring (bicyclic) bond motifs is 1. The van der Waals surface area contributed by atoms with Crippen LogP contribution in [0.25, 0.3) is 10.9 Å². The fourth-order valence-electron chi connectivity index (χ4n) is 2.72. The monoisotopic (exact) mass is 403 g/mol. The number of benzene rings is 1. The van der Waals surface area contributed by atoms with E-state index in [2.05, 4.69) is 10.3 Å². The summed E-state index contributed by atoms with van der Waals surface area (Å²) in [6.45, 7) is 2.06. The topological polar surface area (TPSA) is 77.1 Å². The highest BCUT2D eigenvalue weighted by Crippen LogP contribution is 2.26. The zero-order chi connectivity index (χ0) is 19.0. The van der Waals surface area contributed by atoms with E-state index >= 15 is 0 Å². The molecule has 8 heteroatoms. The number of nitrogens with one attached hydrogen (secondary N) is 1. The Morgan fingerprint density at radius 2 is 2.26 bits per heavy atom. The maximum Gasteiger partial charge on any atom is 0.262 e. The molecule has 1 N–H and O–H groups in total. The standard InChI is InChI=1S/C19H18ClN3O3S/c1-11(17(24)21-13-5-6-13)27-19-22-16-9-12(20)4-7-15(16)18(25)23(19)10-14-3-2-8-26-14/h2-4,7-9,11,13H,5-6,10H2,1H3,(H,21,24)/t11-/m1/s1. The first-order chi connectivity index (χ1) is 13.0. The second-order valence-electron chi connectivity index (χ2n) is 6.57. The smallest absolute Gasteiger partial charge is 0.262 e. The number of rotatable bonds is 6. The molecule has 2 heterocycles. The zero-order valence-corrected chi connectivity index (χ0v) is 16.2. The third-order valence-corrected chi connectivity index (χ3v) is 5.68. The van der Waals surface area contributed by atoms with Gasteiger partial charge in [0.2, 0.25) is 5.91 Å². The molecule has 1 aliphatic carbocycles. The zero-order valence-electron chi connectivity index (χ0n) is 14.6. The molecule has 4 rings (SSSR count). The van der Waals surface area contributed by atoms with E-state index < -0.39 is 0 Å². The third-order valence-electron chi connectivity index (χ3n) is 4.35. The van der Waals surface area contributed by atoms with E-state index in [1.807, 2.05) is 6.92 Å². The molecule has 0 aliphatic heterocycles. The Morgan fingerprint density at radius 3 is 2.96 bits per heavy atom. The molecule has 27 heavy (non-hydrogen) atoms. The van der Waals surface area contributed by atoms with Crippen LogP contribution in [-0.4, -0.2) is 26.8 Å². The Morgan fingerprint density at radius 1 is 1.44 bits per heavy atom. The normalized spacial score (nSPS) is 15.0. The van der Waals surface area contributed by atoms with Gasteiger partial charge in [0.1, 0.15) is 5.76 Å². The van der Waals surface area contributed by atoms with E-state index in [0.29, 0.717) is 26.8 Å². The molecule has 2 aromatic heterocycles. The van der Waals surface area contributed by atoms with Crippen molar-refractivity contribution in [1.29, 1.82) is 0 Å². The molecule has 1 aliphatic rings. The van der Waals surface area contributed by atoms with E-state index in [0.717, 1.165) is 12.8 Å². The first-order valence-electron chi connectivity index (χ1n) is 8.71. The van der Waals surface area contributed by atoms with Gasteiger partial charge in [0, 0.05) is 11.1 Å². The predicted octanol–water partition coefficient (Wildman–Crippen LogP) is 3.45. The fraction of sp³-hybridized carbons (Fsp3) is 0.316. The van der Waals surface area contributed by atoms with Crippen LogP contribution in [0.4, 0.5) is 0 Å². The highest BCUT2D eigenvalue weighted by atomic mass is 35.5. The quantitative estimate of drug-likeness (QED) is 0.504. The minimum Gasteiger partial charge on any atom is -0.467 e. The Bertz CT molecular complexity index is 1040. The summed E-state index contributed by atoms with van der Waals surface area (Å²) >= 11 is 7.32. The van der Waals surface area contributed by atoms with Gasteiger partial charge < -0.3 is 9.73 Å². The number of hydrogen-bond donors (Lipinski definition) is 1. The molecule has 140 valence electrons. The lowest BCUT2D eigenvalue weighted by atomic mass is 10.2. The maximum atomic E-state index is 13.1. The van der Waals surface area contributed by atoms with Crippen LogP contribution in [0, 0.1) is 0 Å². The van der Waals surface area contributed by atoms with Crippen molar-refractivity contribution in [3.8, 4) is 0 Å². The summed E-state index contributed by atoms with van der Waals surface area (Å²) < 4.78 is 6.94. The Balaban J connectivity index is 1.73. The van der Waals surface area contributed by atoms with Gasteiger partial charge in [-0.3, -0.25) is 14.2 Å². The molecule has 3 aromatic rings. The summed E-state index contributed by atoms with van der Waals surface area (Å²) in [6.07, 6.45) is 3.62. The molecule has 0 saturated heterocycles. The Labute approximate surface area is 164 Å². The SMILES string of the molecule is C[C@@H](Sc1nc2cc(Cl)ccc2c(=O)n1Cc1ccco1)C(=O)NC1CC1. The average Bonchev–Trinajstić information content (AvgIpc) is 3.29. The van der Waals surface area contributed by atoms with Crippen LogP contribution in [0.3, 0.4) is 0 Å². The van der Waals surface area contributed by atoms with Crippen LogP contribution in [0.2, 0.25) is 5.02 Å². The number of nitrogens with zero attached hydrogens (tertiary/aromatic N) is 2. The second kappa shape index (κ2) is 7.40. The van der Waals surface area contributed by atoms with Crippen LogP contribution < -0.4 is 10.9 Å². The lowest BCUT2D eigenvalue weighted by Crippen LogP contribution is -2.33. The number of aromatic nitrogens is 2. The number of thioether (sulfide) groups is 1. The van der Waals surface area contributed by atoms with Crippen molar-refractivity contribution in [2.24, 2.45) is 0 Å². The van der Waals surface area contributed by atoms with E-state index in [4.69, 9.17) is 16.0 Å². The minimum atomic E-state index is -0.378. The van der Waals surface area contributed by atoms with Gasteiger partial charge in [-0.05, 0) is 50.1 Å². The third kappa shape index (κ3) is 4.04. The van der Waals surface area contributed by atoms with Crippen molar-refractivity contribution < 1.29 is 9.21 Å². The van der Waals surface area contributed by atoms with E-state index in [9.17, 15) is 9.59 Å². The van der Waals surface area contributed by atoms with Crippen molar-refractivity contribution in [2.45, 2.75) is 42.8 Å². The molecule has 1 aromatic carbocycles. The van der Waals surface area contributed by atoms with Gasteiger partial charge in [-0.15, -0.1) is 0 Å². The first-order valence-corrected chi connectivity index (χ1v) is 9.96.